The maximum Gasteiger partial charge on any atom is 0.226 e. The van der Waals surface area contributed by atoms with Crippen molar-refractivity contribution in [2.24, 2.45) is 7.05 Å². The number of hydrogen-bond acceptors (Lipinski definition) is 6. The molecule has 0 saturated heterocycles. The monoisotopic (exact) mass is 272 g/mol. The predicted molar refractivity (Wildman–Crippen MR) is 76.6 cm³/mol. The van der Waals surface area contributed by atoms with Gasteiger partial charge in [0.2, 0.25) is 5.95 Å². The van der Waals surface area contributed by atoms with E-state index in [1.54, 1.807) is 18.1 Å². The third kappa shape index (κ3) is 2.40. The van der Waals surface area contributed by atoms with E-state index in [9.17, 15) is 0 Å². The Balaban J connectivity index is 1.74. The Kier molecular flexibility index (Phi) is 3.20. The normalized spacial score (nSPS) is 10.9. The standard InChI is InChI=1S/C12H16N8/c1-13-12-17-10(9-11(18-12)16-7-15-9)14-5-3-8-4-6-20(2)19-8/h4,6-7H,3,5H2,1-2H3,(H3,13,14,15,16,17,18). The summed E-state index contributed by atoms with van der Waals surface area (Å²) in [7, 11) is 3.69. The quantitative estimate of drug-likeness (QED) is 0.635. The van der Waals surface area contributed by atoms with E-state index in [-0.39, 0.29) is 0 Å². The van der Waals surface area contributed by atoms with Gasteiger partial charge in [0.25, 0.3) is 0 Å². The van der Waals surface area contributed by atoms with Crippen LogP contribution in [-0.2, 0) is 13.5 Å². The molecule has 0 atom stereocenters. The third-order valence-corrected chi connectivity index (χ3v) is 2.95. The fraction of sp³-hybridized carbons (Fsp3) is 0.333. The predicted octanol–water partition coefficient (Wildman–Crippen LogP) is 0.783. The Morgan fingerprint density at radius 1 is 1.35 bits per heavy atom. The Morgan fingerprint density at radius 3 is 3.00 bits per heavy atom. The molecule has 0 fully saturated rings. The highest BCUT2D eigenvalue weighted by atomic mass is 15.2. The van der Waals surface area contributed by atoms with Gasteiger partial charge >= 0.3 is 0 Å². The molecule has 0 aromatic carbocycles. The zero-order chi connectivity index (χ0) is 13.9. The van der Waals surface area contributed by atoms with Gasteiger partial charge in [-0.25, -0.2) is 4.98 Å². The molecule has 0 aliphatic carbocycles. The second kappa shape index (κ2) is 5.16. The summed E-state index contributed by atoms with van der Waals surface area (Å²) >= 11 is 0. The van der Waals surface area contributed by atoms with Gasteiger partial charge in [-0.05, 0) is 6.07 Å². The van der Waals surface area contributed by atoms with E-state index in [4.69, 9.17) is 0 Å². The van der Waals surface area contributed by atoms with Crippen LogP contribution >= 0.6 is 0 Å². The summed E-state index contributed by atoms with van der Waals surface area (Å²) in [6, 6.07) is 2.01. The lowest BCUT2D eigenvalue weighted by Gasteiger charge is -2.07. The van der Waals surface area contributed by atoms with E-state index in [1.807, 2.05) is 19.3 Å². The maximum absolute atomic E-state index is 4.40. The molecule has 3 heterocycles. The van der Waals surface area contributed by atoms with Crippen molar-refractivity contribution >= 4 is 22.9 Å². The molecule has 3 aromatic heterocycles. The van der Waals surface area contributed by atoms with Crippen LogP contribution in [0.2, 0.25) is 0 Å². The van der Waals surface area contributed by atoms with Crippen molar-refractivity contribution in [3.05, 3.63) is 24.3 Å². The van der Waals surface area contributed by atoms with Crippen molar-refractivity contribution in [2.45, 2.75) is 6.42 Å². The van der Waals surface area contributed by atoms with E-state index >= 15 is 0 Å². The molecule has 3 rings (SSSR count). The lowest BCUT2D eigenvalue weighted by atomic mass is 10.3. The lowest BCUT2D eigenvalue weighted by Crippen LogP contribution is -2.09. The third-order valence-electron chi connectivity index (χ3n) is 2.95. The van der Waals surface area contributed by atoms with Gasteiger partial charge in [-0.1, -0.05) is 0 Å². The maximum atomic E-state index is 4.40. The Labute approximate surface area is 115 Å². The Bertz CT molecular complexity index is 713. The van der Waals surface area contributed by atoms with Crippen LogP contribution in [0.3, 0.4) is 0 Å². The molecular weight excluding hydrogens is 256 g/mol. The van der Waals surface area contributed by atoms with E-state index in [0.29, 0.717) is 11.6 Å². The number of rotatable bonds is 5. The zero-order valence-corrected chi connectivity index (χ0v) is 11.4. The van der Waals surface area contributed by atoms with Crippen molar-refractivity contribution in [3.63, 3.8) is 0 Å². The van der Waals surface area contributed by atoms with E-state index in [2.05, 4.69) is 35.7 Å². The minimum Gasteiger partial charge on any atom is -0.368 e. The van der Waals surface area contributed by atoms with E-state index in [0.717, 1.165) is 30.0 Å². The SMILES string of the molecule is CNc1nc(NCCc2ccn(C)n2)c2[nH]cnc2n1. The molecule has 20 heavy (non-hydrogen) atoms. The molecule has 0 aliphatic heterocycles. The molecule has 0 spiro atoms. The first-order valence-corrected chi connectivity index (χ1v) is 6.37. The van der Waals surface area contributed by atoms with Crippen LogP contribution in [0.1, 0.15) is 5.69 Å². The van der Waals surface area contributed by atoms with Gasteiger partial charge in [0.05, 0.1) is 12.0 Å². The number of aromatic nitrogens is 6. The van der Waals surface area contributed by atoms with Gasteiger partial charge in [0.1, 0.15) is 5.52 Å². The summed E-state index contributed by atoms with van der Waals surface area (Å²) in [6.45, 7) is 0.741. The van der Waals surface area contributed by atoms with Crippen molar-refractivity contribution in [3.8, 4) is 0 Å². The van der Waals surface area contributed by atoms with Gasteiger partial charge in [-0.3, -0.25) is 4.68 Å². The second-order valence-electron chi connectivity index (χ2n) is 4.40. The van der Waals surface area contributed by atoms with Crippen LogP contribution in [0.15, 0.2) is 18.6 Å². The fourth-order valence-electron chi connectivity index (χ4n) is 1.98. The molecule has 0 saturated carbocycles. The number of aromatic amines is 1. The van der Waals surface area contributed by atoms with Crippen LogP contribution < -0.4 is 10.6 Å². The van der Waals surface area contributed by atoms with Gasteiger partial charge in [0, 0.05) is 33.3 Å². The lowest BCUT2D eigenvalue weighted by molar-refractivity contribution is 0.742. The molecular formula is C12H16N8. The van der Waals surface area contributed by atoms with Gasteiger partial charge < -0.3 is 15.6 Å². The first kappa shape index (κ1) is 12.4. The Morgan fingerprint density at radius 2 is 2.25 bits per heavy atom. The molecule has 8 heteroatoms. The highest BCUT2D eigenvalue weighted by Crippen LogP contribution is 2.18. The summed E-state index contributed by atoms with van der Waals surface area (Å²) in [4.78, 5) is 15.9. The average molecular weight is 272 g/mol. The number of fused-ring (bicyclic) bond motifs is 1. The molecule has 0 radical (unpaired) electrons. The summed E-state index contributed by atoms with van der Waals surface area (Å²) < 4.78 is 1.80. The smallest absolute Gasteiger partial charge is 0.226 e. The summed E-state index contributed by atoms with van der Waals surface area (Å²) in [5, 5.41) is 10.6. The zero-order valence-electron chi connectivity index (χ0n) is 11.4. The van der Waals surface area contributed by atoms with Crippen LogP contribution in [0, 0.1) is 0 Å². The highest BCUT2D eigenvalue weighted by Gasteiger charge is 2.08. The second-order valence-corrected chi connectivity index (χ2v) is 4.40. The van der Waals surface area contributed by atoms with Crippen LogP contribution in [0.5, 0.6) is 0 Å². The van der Waals surface area contributed by atoms with Gasteiger partial charge in [-0.2, -0.15) is 15.1 Å². The van der Waals surface area contributed by atoms with Crippen molar-refractivity contribution in [1.29, 1.82) is 0 Å². The van der Waals surface area contributed by atoms with Gasteiger partial charge in [0.15, 0.2) is 11.5 Å². The van der Waals surface area contributed by atoms with E-state index < -0.39 is 0 Å². The van der Waals surface area contributed by atoms with Crippen molar-refractivity contribution in [1.82, 2.24) is 29.7 Å². The number of nitrogens with zero attached hydrogens (tertiary/aromatic N) is 5. The minimum atomic E-state index is 0.546. The molecule has 8 nitrogen and oxygen atoms in total. The summed E-state index contributed by atoms with van der Waals surface area (Å²) in [5.74, 6) is 1.29. The Hall–Kier alpha value is -2.64. The number of aryl methyl sites for hydroxylation is 1. The molecule has 3 N–H and O–H groups in total. The number of anilines is 2. The number of H-pyrrole nitrogens is 1. The largest absolute Gasteiger partial charge is 0.368 e. The van der Waals surface area contributed by atoms with Crippen molar-refractivity contribution in [2.75, 3.05) is 24.2 Å². The first-order chi connectivity index (χ1) is 9.76. The van der Waals surface area contributed by atoms with Crippen LogP contribution in [0.25, 0.3) is 11.2 Å². The number of imidazole rings is 1. The van der Waals surface area contributed by atoms with Crippen LogP contribution in [0.4, 0.5) is 11.8 Å². The highest BCUT2D eigenvalue weighted by molar-refractivity contribution is 5.83. The first-order valence-electron chi connectivity index (χ1n) is 6.37. The average Bonchev–Trinajstić information content (AvgIpc) is 3.07. The van der Waals surface area contributed by atoms with Crippen molar-refractivity contribution < 1.29 is 0 Å². The minimum absolute atomic E-state index is 0.546. The number of nitrogens with one attached hydrogen (secondary N) is 3. The summed E-state index contributed by atoms with van der Waals surface area (Å²) in [6.07, 6.45) is 4.38. The van der Waals surface area contributed by atoms with Gasteiger partial charge in [-0.15, -0.1) is 0 Å². The van der Waals surface area contributed by atoms with E-state index in [1.165, 1.54) is 0 Å². The molecule has 0 amide bonds. The molecule has 3 aromatic rings. The number of hydrogen-bond donors (Lipinski definition) is 3. The molecule has 0 unspecified atom stereocenters. The summed E-state index contributed by atoms with van der Waals surface area (Å²) in [5.41, 5.74) is 2.50. The van der Waals surface area contributed by atoms with Crippen LogP contribution in [-0.4, -0.2) is 43.3 Å². The fourth-order valence-corrected chi connectivity index (χ4v) is 1.98. The topological polar surface area (TPSA) is 96.3 Å². The molecule has 0 aliphatic rings. The molecule has 0 bridgehead atoms. The molecule has 104 valence electrons.